The first-order valence-electron chi connectivity index (χ1n) is 10.6. The van der Waals surface area contributed by atoms with Crippen molar-refractivity contribution >= 4 is 22.0 Å². The predicted molar refractivity (Wildman–Crippen MR) is 125 cm³/mol. The van der Waals surface area contributed by atoms with Gasteiger partial charge in [0.05, 0.1) is 11.5 Å². The number of sulfonamides is 1. The van der Waals surface area contributed by atoms with Gasteiger partial charge in [0.2, 0.25) is 15.9 Å². The van der Waals surface area contributed by atoms with E-state index in [1.807, 2.05) is 45.0 Å². The third-order valence-electron chi connectivity index (χ3n) is 4.81. The SMILES string of the molecule is CCN(CC)S(=O)(=O)c1ccc(/C=C/C(=O)NCCCCOc2ccc(C)cc2)cc1. The van der Waals surface area contributed by atoms with E-state index in [0.717, 1.165) is 24.2 Å². The van der Waals surface area contributed by atoms with Crippen molar-refractivity contribution in [3.63, 3.8) is 0 Å². The van der Waals surface area contributed by atoms with Gasteiger partial charge in [0.1, 0.15) is 5.75 Å². The van der Waals surface area contributed by atoms with Crippen LogP contribution >= 0.6 is 0 Å². The van der Waals surface area contributed by atoms with E-state index in [2.05, 4.69) is 5.32 Å². The maximum Gasteiger partial charge on any atom is 0.243 e. The maximum absolute atomic E-state index is 12.5. The number of ether oxygens (including phenoxy) is 1. The van der Waals surface area contributed by atoms with E-state index in [1.54, 1.807) is 30.3 Å². The van der Waals surface area contributed by atoms with Crippen LogP contribution < -0.4 is 10.1 Å². The molecule has 0 aliphatic heterocycles. The van der Waals surface area contributed by atoms with Crippen LogP contribution in [0.5, 0.6) is 5.75 Å². The van der Waals surface area contributed by atoms with Gasteiger partial charge in [-0.2, -0.15) is 4.31 Å². The van der Waals surface area contributed by atoms with Gasteiger partial charge in [-0.1, -0.05) is 43.7 Å². The molecule has 6 nitrogen and oxygen atoms in total. The van der Waals surface area contributed by atoms with Crippen molar-refractivity contribution in [1.29, 1.82) is 0 Å². The first kappa shape index (κ1) is 24.6. The Hall–Kier alpha value is -2.64. The van der Waals surface area contributed by atoms with Crippen LogP contribution in [0.3, 0.4) is 0 Å². The molecule has 2 rings (SSSR count). The topological polar surface area (TPSA) is 75.7 Å². The van der Waals surface area contributed by atoms with Gasteiger partial charge < -0.3 is 10.1 Å². The van der Waals surface area contributed by atoms with Crippen LogP contribution in [0.25, 0.3) is 6.08 Å². The molecule has 0 fully saturated rings. The highest BCUT2D eigenvalue weighted by Crippen LogP contribution is 2.17. The predicted octanol–water partition coefficient (Wildman–Crippen LogP) is 4.01. The summed E-state index contributed by atoms with van der Waals surface area (Å²) in [7, 11) is -3.47. The summed E-state index contributed by atoms with van der Waals surface area (Å²) in [5.41, 5.74) is 1.96. The zero-order valence-corrected chi connectivity index (χ0v) is 19.3. The second-order valence-corrected chi connectivity index (χ2v) is 9.09. The molecule has 2 aromatic rings. The minimum atomic E-state index is -3.47. The lowest BCUT2D eigenvalue weighted by Crippen LogP contribution is -2.30. The van der Waals surface area contributed by atoms with Crippen LogP contribution in [0.1, 0.15) is 37.8 Å². The van der Waals surface area contributed by atoms with E-state index in [1.165, 1.54) is 15.9 Å². The van der Waals surface area contributed by atoms with Gasteiger partial charge in [-0.15, -0.1) is 0 Å². The van der Waals surface area contributed by atoms with Crippen molar-refractivity contribution in [1.82, 2.24) is 9.62 Å². The average Bonchev–Trinajstić information content (AvgIpc) is 2.77. The second kappa shape index (κ2) is 12.3. The molecule has 1 N–H and O–H groups in total. The summed E-state index contributed by atoms with van der Waals surface area (Å²) in [5.74, 6) is 0.674. The molecule has 7 heteroatoms. The summed E-state index contributed by atoms with van der Waals surface area (Å²) in [6.07, 6.45) is 4.80. The number of unbranched alkanes of at least 4 members (excludes halogenated alkanes) is 1. The van der Waals surface area contributed by atoms with Crippen molar-refractivity contribution in [3.8, 4) is 5.75 Å². The van der Waals surface area contributed by atoms with E-state index in [0.29, 0.717) is 26.2 Å². The van der Waals surface area contributed by atoms with Gasteiger partial charge >= 0.3 is 0 Å². The Balaban J connectivity index is 1.72. The number of hydrogen-bond donors (Lipinski definition) is 1. The molecular formula is C24H32N2O4S. The normalized spacial score (nSPS) is 11.7. The average molecular weight is 445 g/mol. The molecule has 0 bridgehead atoms. The second-order valence-electron chi connectivity index (χ2n) is 7.15. The van der Waals surface area contributed by atoms with Crippen molar-refractivity contribution in [2.75, 3.05) is 26.2 Å². The minimum Gasteiger partial charge on any atom is -0.494 e. The number of nitrogens with one attached hydrogen (secondary N) is 1. The van der Waals surface area contributed by atoms with Crippen molar-refractivity contribution in [3.05, 3.63) is 65.7 Å². The maximum atomic E-state index is 12.5. The molecule has 0 atom stereocenters. The van der Waals surface area contributed by atoms with Crippen LogP contribution in [0.2, 0.25) is 0 Å². The highest BCUT2D eigenvalue weighted by Gasteiger charge is 2.20. The standard InChI is InChI=1S/C24H32N2O4S/c1-4-26(5-2)31(28,29)23-15-10-21(11-16-23)12-17-24(27)25-18-6-7-19-30-22-13-8-20(3)9-14-22/h8-17H,4-7,18-19H2,1-3H3,(H,25,27)/b17-12+. The Bertz CT molecular complexity index is 948. The van der Waals surface area contributed by atoms with Gasteiger partial charge in [-0.05, 0) is 55.7 Å². The van der Waals surface area contributed by atoms with E-state index >= 15 is 0 Å². The van der Waals surface area contributed by atoms with Crippen LogP contribution in [0.4, 0.5) is 0 Å². The molecule has 0 aliphatic rings. The molecule has 0 heterocycles. The van der Waals surface area contributed by atoms with Crippen LogP contribution in [-0.4, -0.2) is 44.9 Å². The molecule has 0 unspecified atom stereocenters. The molecule has 0 saturated heterocycles. The quantitative estimate of drug-likeness (QED) is 0.396. The zero-order valence-electron chi connectivity index (χ0n) is 18.5. The largest absolute Gasteiger partial charge is 0.494 e. The number of hydrogen-bond acceptors (Lipinski definition) is 4. The first-order valence-corrected chi connectivity index (χ1v) is 12.1. The van der Waals surface area contributed by atoms with Crippen LogP contribution in [-0.2, 0) is 14.8 Å². The number of amides is 1. The molecule has 0 aliphatic carbocycles. The number of nitrogens with zero attached hydrogens (tertiary/aromatic N) is 1. The Morgan fingerprint density at radius 2 is 1.65 bits per heavy atom. The van der Waals surface area contributed by atoms with E-state index in [4.69, 9.17) is 4.74 Å². The zero-order chi connectivity index (χ0) is 22.7. The van der Waals surface area contributed by atoms with Gasteiger partial charge in [0, 0.05) is 25.7 Å². The molecule has 0 radical (unpaired) electrons. The Labute approximate surface area is 186 Å². The summed E-state index contributed by atoms with van der Waals surface area (Å²) in [6, 6.07) is 14.5. The van der Waals surface area contributed by atoms with Crippen LogP contribution in [0.15, 0.2) is 59.5 Å². The minimum absolute atomic E-state index is 0.181. The number of aryl methyl sites for hydroxylation is 1. The summed E-state index contributed by atoms with van der Waals surface area (Å²) in [4.78, 5) is 12.2. The van der Waals surface area contributed by atoms with Crippen molar-refractivity contribution in [2.24, 2.45) is 0 Å². The fourth-order valence-electron chi connectivity index (χ4n) is 2.96. The fraction of sp³-hybridized carbons (Fsp3) is 0.375. The smallest absolute Gasteiger partial charge is 0.243 e. The Morgan fingerprint density at radius 1 is 1.00 bits per heavy atom. The Morgan fingerprint density at radius 3 is 2.26 bits per heavy atom. The lowest BCUT2D eigenvalue weighted by atomic mass is 10.2. The van der Waals surface area contributed by atoms with Crippen LogP contribution in [0, 0.1) is 6.92 Å². The van der Waals surface area contributed by atoms with E-state index in [9.17, 15) is 13.2 Å². The summed E-state index contributed by atoms with van der Waals surface area (Å²) >= 11 is 0. The summed E-state index contributed by atoms with van der Waals surface area (Å²) < 4.78 is 32.1. The molecule has 0 saturated carbocycles. The molecule has 0 aromatic heterocycles. The summed E-state index contributed by atoms with van der Waals surface area (Å²) in [5, 5.41) is 2.84. The van der Waals surface area contributed by atoms with Gasteiger partial charge in [-0.25, -0.2) is 8.42 Å². The first-order chi connectivity index (χ1) is 14.9. The number of rotatable bonds is 12. The Kier molecular flexibility index (Phi) is 9.75. The number of carbonyl (C=O) groups excluding carboxylic acids is 1. The lowest BCUT2D eigenvalue weighted by Gasteiger charge is -2.18. The van der Waals surface area contributed by atoms with E-state index in [-0.39, 0.29) is 10.8 Å². The van der Waals surface area contributed by atoms with Crippen molar-refractivity contribution in [2.45, 2.75) is 38.5 Å². The lowest BCUT2D eigenvalue weighted by molar-refractivity contribution is -0.116. The molecule has 2 aromatic carbocycles. The van der Waals surface area contributed by atoms with Crippen molar-refractivity contribution < 1.29 is 17.9 Å². The highest BCUT2D eigenvalue weighted by atomic mass is 32.2. The van der Waals surface area contributed by atoms with E-state index < -0.39 is 10.0 Å². The number of carbonyl (C=O) groups is 1. The summed E-state index contributed by atoms with van der Waals surface area (Å²) in [6.45, 7) is 7.70. The monoisotopic (exact) mass is 444 g/mol. The highest BCUT2D eigenvalue weighted by molar-refractivity contribution is 7.89. The van der Waals surface area contributed by atoms with Gasteiger partial charge in [-0.3, -0.25) is 4.79 Å². The molecular weight excluding hydrogens is 412 g/mol. The third kappa shape index (κ3) is 7.84. The molecule has 0 spiro atoms. The third-order valence-corrected chi connectivity index (χ3v) is 6.87. The molecule has 1 amide bonds. The number of benzene rings is 2. The fourth-order valence-corrected chi connectivity index (χ4v) is 4.42. The molecule has 168 valence electrons. The van der Waals surface area contributed by atoms with Gasteiger partial charge in [0.15, 0.2) is 0 Å². The molecule has 31 heavy (non-hydrogen) atoms. The van der Waals surface area contributed by atoms with Gasteiger partial charge in [0.25, 0.3) is 0 Å².